The molecule has 0 aromatic heterocycles. The maximum Gasteiger partial charge on any atom is 0.122 e. The highest BCUT2D eigenvalue weighted by molar-refractivity contribution is 5.36. The second-order valence-electron chi connectivity index (χ2n) is 4.37. The lowest BCUT2D eigenvalue weighted by Gasteiger charge is -2.23. The van der Waals surface area contributed by atoms with Crippen molar-refractivity contribution in [2.45, 2.75) is 38.0 Å². The highest BCUT2D eigenvalue weighted by atomic mass is 16.5. The molecule has 1 aromatic rings. The van der Waals surface area contributed by atoms with Gasteiger partial charge >= 0.3 is 0 Å². The lowest BCUT2D eigenvalue weighted by Crippen LogP contribution is -2.09. The zero-order valence-electron chi connectivity index (χ0n) is 9.61. The highest BCUT2D eigenvalue weighted by Crippen LogP contribution is 2.37. The molecule has 0 saturated heterocycles. The lowest BCUT2D eigenvalue weighted by molar-refractivity contribution is 0.199. The molecule has 0 atom stereocenters. The van der Waals surface area contributed by atoms with Crippen LogP contribution in [-0.2, 0) is 0 Å². The minimum atomic E-state index is 0.0721. The van der Waals surface area contributed by atoms with Crippen molar-refractivity contribution >= 4 is 0 Å². The molecular formula is C14H19O2. The van der Waals surface area contributed by atoms with E-state index < -0.39 is 0 Å². The predicted molar refractivity (Wildman–Crippen MR) is 63.7 cm³/mol. The third-order valence-corrected chi connectivity index (χ3v) is 3.25. The number of rotatable bonds is 4. The molecule has 0 bridgehead atoms. The molecule has 1 fully saturated rings. The van der Waals surface area contributed by atoms with E-state index in [1.807, 2.05) is 18.2 Å². The van der Waals surface area contributed by atoms with Crippen molar-refractivity contribution in [1.29, 1.82) is 0 Å². The Hall–Kier alpha value is -1.02. The van der Waals surface area contributed by atoms with Crippen molar-refractivity contribution < 1.29 is 9.84 Å². The minimum Gasteiger partial charge on any atom is -0.491 e. The van der Waals surface area contributed by atoms with E-state index in [2.05, 4.69) is 6.07 Å². The fourth-order valence-corrected chi connectivity index (χ4v) is 2.45. The zero-order valence-corrected chi connectivity index (χ0v) is 9.61. The summed E-state index contributed by atoms with van der Waals surface area (Å²) >= 11 is 0. The van der Waals surface area contributed by atoms with Gasteiger partial charge < -0.3 is 9.84 Å². The van der Waals surface area contributed by atoms with Crippen LogP contribution in [0.4, 0.5) is 0 Å². The van der Waals surface area contributed by atoms with E-state index in [-0.39, 0.29) is 6.61 Å². The average Bonchev–Trinajstić information content (AvgIpc) is 2.38. The van der Waals surface area contributed by atoms with Crippen LogP contribution in [-0.4, -0.2) is 18.3 Å². The van der Waals surface area contributed by atoms with Gasteiger partial charge in [-0.3, -0.25) is 0 Å². The second-order valence-corrected chi connectivity index (χ2v) is 4.37. The van der Waals surface area contributed by atoms with Gasteiger partial charge in [-0.1, -0.05) is 25.3 Å². The molecule has 1 aliphatic rings. The van der Waals surface area contributed by atoms with E-state index >= 15 is 0 Å². The molecule has 0 heterocycles. The Morgan fingerprint density at radius 3 is 2.88 bits per heavy atom. The molecule has 1 radical (unpaired) electrons. The molecule has 1 aromatic carbocycles. The van der Waals surface area contributed by atoms with Gasteiger partial charge in [0.25, 0.3) is 0 Å². The van der Waals surface area contributed by atoms with Gasteiger partial charge in [-0.05, 0) is 42.5 Å². The summed E-state index contributed by atoms with van der Waals surface area (Å²) in [6.07, 6.45) is 6.51. The van der Waals surface area contributed by atoms with Crippen molar-refractivity contribution in [2.75, 3.05) is 13.2 Å². The summed E-state index contributed by atoms with van der Waals surface area (Å²) in [6.45, 7) is 0.451. The van der Waals surface area contributed by atoms with Crippen LogP contribution in [0.15, 0.2) is 18.2 Å². The number of aliphatic hydroxyl groups is 1. The Labute approximate surface area is 97.3 Å². The molecular weight excluding hydrogens is 200 g/mol. The van der Waals surface area contributed by atoms with Crippen molar-refractivity contribution in [1.82, 2.24) is 0 Å². The SMILES string of the molecule is OCCOc1cc[c]cc1C1CCCCC1. The minimum absolute atomic E-state index is 0.0721. The summed E-state index contributed by atoms with van der Waals surface area (Å²) < 4.78 is 5.57. The largest absolute Gasteiger partial charge is 0.491 e. The first-order valence-corrected chi connectivity index (χ1v) is 6.15. The molecule has 1 N–H and O–H groups in total. The van der Waals surface area contributed by atoms with Crippen molar-refractivity contribution in [3.8, 4) is 5.75 Å². The fourth-order valence-electron chi connectivity index (χ4n) is 2.45. The summed E-state index contributed by atoms with van der Waals surface area (Å²) in [5.41, 5.74) is 1.27. The van der Waals surface area contributed by atoms with Crippen molar-refractivity contribution in [3.05, 3.63) is 29.8 Å². The molecule has 0 spiro atoms. The van der Waals surface area contributed by atoms with E-state index in [1.165, 1.54) is 37.7 Å². The van der Waals surface area contributed by atoms with E-state index in [0.29, 0.717) is 12.5 Å². The normalized spacial score (nSPS) is 17.3. The summed E-state index contributed by atoms with van der Waals surface area (Å²) in [6, 6.07) is 9.01. The van der Waals surface area contributed by atoms with E-state index in [4.69, 9.17) is 9.84 Å². The third kappa shape index (κ3) is 2.76. The molecule has 0 unspecified atom stereocenters. The van der Waals surface area contributed by atoms with Gasteiger partial charge in [0.15, 0.2) is 0 Å². The molecule has 2 nitrogen and oxygen atoms in total. The summed E-state index contributed by atoms with van der Waals surface area (Å²) in [5.74, 6) is 1.56. The predicted octanol–water partition coefficient (Wildman–Crippen LogP) is 2.91. The number of hydrogen-bond donors (Lipinski definition) is 1. The Bertz CT molecular complexity index is 316. The Balaban J connectivity index is 2.11. The van der Waals surface area contributed by atoms with Crippen LogP contribution in [0.1, 0.15) is 43.6 Å². The maximum atomic E-state index is 8.80. The highest BCUT2D eigenvalue weighted by Gasteiger charge is 2.18. The van der Waals surface area contributed by atoms with Crippen LogP contribution >= 0.6 is 0 Å². The van der Waals surface area contributed by atoms with Gasteiger partial charge in [-0.15, -0.1) is 0 Å². The molecule has 1 saturated carbocycles. The molecule has 87 valence electrons. The number of ether oxygens (including phenoxy) is 1. The van der Waals surface area contributed by atoms with Gasteiger partial charge in [-0.25, -0.2) is 0 Å². The summed E-state index contributed by atoms with van der Waals surface area (Å²) in [7, 11) is 0. The topological polar surface area (TPSA) is 29.5 Å². The number of benzene rings is 1. The maximum absolute atomic E-state index is 8.80. The van der Waals surface area contributed by atoms with Crippen LogP contribution < -0.4 is 4.74 Å². The van der Waals surface area contributed by atoms with E-state index in [0.717, 1.165) is 5.75 Å². The quantitative estimate of drug-likeness (QED) is 0.843. The van der Waals surface area contributed by atoms with E-state index in [1.54, 1.807) is 0 Å². The fraction of sp³-hybridized carbons (Fsp3) is 0.571. The van der Waals surface area contributed by atoms with Crippen LogP contribution in [0, 0.1) is 6.07 Å². The number of hydrogen-bond acceptors (Lipinski definition) is 2. The van der Waals surface area contributed by atoms with Gasteiger partial charge in [-0.2, -0.15) is 0 Å². The molecule has 1 aliphatic carbocycles. The molecule has 0 amide bonds. The van der Waals surface area contributed by atoms with Crippen LogP contribution in [0.25, 0.3) is 0 Å². The van der Waals surface area contributed by atoms with Gasteiger partial charge in [0, 0.05) is 0 Å². The Morgan fingerprint density at radius 2 is 2.12 bits per heavy atom. The first kappa shape index (κ1) is 11.5. The number of aliphatic hydroxyl groups excluding tert-OH is 1. The monoisotopic (exact) mass is 219 g/mol. The summed E-state index contributed by atoms with van der Waals surface area (Å²) in [4.78, 5) is 0. The Kier molecular flexibility index (Phi) is 4.23. The molecule has 16 heavy (non-hydrogen) atoms. The smallest absolute Gasteiger partial charge is 0.122 e. The standard InChI is InChI=1S/C14H19O2/c15-10-11-16-14-9-5-4-8-13(14)12-6-2-1-3-7-12/h5,8-9,12,15H,1-3,6-7,10-11H2. The van der Waals surface area contributed by atoms with Gasteiger partial charge in [0.1, 0.15) is 12.4 Å². The first-order valence-electron chi connectivity index (χ1n) is 6.15. The molecule has 2 heteroatoms. The molecule has 0 aliphatic heterocycles. The summed E-state index contributed by atoms with van der Waals surface area (Å²) in [5, 5.41) is 8.80. The van der Waals surface area contributed by atoms with Crippen molar-refractivity contribution in [3.63, 3.8) is 0 Å². The van der Waals surface area contributed by atoms with Crippen LogP contribution in [0.3, 0.4) is 0 Å². The second kappa shape index (κ2) is 5.90. The van der Waals surface area contributed by atoms with Crippen LogP contribution in [0.2, 0.25) is 0 Å². The third-order valence-electron chi connectivity index (χ3n) is 3.25. The first-order chi connectivity index (χ1) is 7.92. The average molecular weight is 219 g/mol. The zero-order chi connectivity index (χ0) is 11.2. The van der Waals surface area contributed by atoms with Gasteiger partial charge in [0.2, 0.25) is 0 Å². The van der Waals surface area contributed by atoms with Crippen molar-refractivity contribution in [2.24, 2.45) is 0 Å². The van der Waals surface area contributed by atoms with Gasteiger partial charge in [0.05, 0.1) is 6.61 Å². The van der Waals surface area contributed by atoms with E-state index in [9.17, 15) is 0 Å². The lowest BCUT2D eigenvalue weighted by atomic mass is 9.84. The molecule has 2 rings (SSSR count). The Morgan fingerprint density at radius 1 is 1.31 bits per heavy atom. The van der Waals surface area contributed by atoms with Crippen LogP contribution in [0.5, 0.6) is 5.75 Å².